The molecule has 0 aliphatic heterocycles. The van der Waals surface area contributed by atoms with Crippen LogP contribution in [0.2, 0.25) is 0 Å². The van der Waals surface area contributed by atoms with Gasteiger partial charge < -0.3 is 0 Å². The number of carbonyl (C=O) groups excluding carboxylic acids is 1. The molecule has 2 aromatic heterocycles. The molecule has 1 amide bonds. The van der Waals surface area contributed by atoms with Gasteiger partial charge in [-0.3, -0.25) is 9.69 Å². The number of rotatable bonds is 5. The van der Waals surface area contributed by atoms with Gasteiger partial charge in [-0.25, -0.2) is 9.97 Å². The normalized spacial score (nSPS) is 12.7. The molecule has 0 spiro atoms. The molecule has 27 heavy (non-hydrogen) atoms. The van der Waals surface area contributed by atoms with Gasteiger partial charge in [0.05, 0.1) is 11.8 Å². The highest BCUT2D eigenvalue weighted by atomic mass is 32.2. The van der Waals surface area contributed by atoms with Crippen molar-refractivity contribution in [1.82, 2.24) is 9.97 Å². The number of thiophene rings is 1. The average molecular weight is 395 g/mol. The summed E-state index contributed by atoms with van der Waals surface area (Å²) >= 11 is 3.20. The molecule has 0 radical (unpaired) electrons. The van der Waals surface area contributed by atoms with E-state index in [-0.39, 0.29) is 18.2 Å². The summed E-state index contributed by atoms with van der Waals surface area (Å²) in [5, 5.41) is 11.1. The van der Waals surface area contributed by atoms with E-state index in [4.69, 9.17) is 5.26 Å². The lowest BCUT2D eigenvalue weighted by Gasteiger charge is -2.19. The number of para-hydroxylation sites is 1. The first-order chi connectivity index (χ1) is 13.2. The van der Waals surface area contributed by atoms with Crippen LogP contribution in [0.4, 0.5) is 5.69 Å². The van der Waals surface area contributed by atoms with Crippen LogP contribution in [-0.2, 0) is 17.6 Å². The minimum atomic E-state index is -0.0935. The van der Waals surface area contributed by atoms with Gasteiger partial charge in [0.1, 0.15) is 22.2 Å². The van der Waals surface area contributed by atoms with Crippen molar-refractivity contribution in [2.24, 2.45) is 0 Å². The molecule has 1 aliphatic rings. The van der Waals surface area contributed by atoms with E-state index in [1.807, 2.05) is 37.3 Å². The molecule has 0 saturated heterocycles. The van der Waals surface area contributed by atoms with Gasteiger partial charge >= 0.3 is 0 Å². The Morgan fingerprint density at radius 2 is 2.11 bits per heavy atom. The highest BCUT2D eigenvalue weighted by Crippen LogP contribution is 2.40. The number of thioether (sulfide) groups is 1. The molecule has 0 unspecified atom stereocenters. The smallest absolute Gasteiger partial charge is 0.238 e. The summed E-state index contributed by atoms with van der Waals surface area (Å²) in [5.41, 5.74) is 2.10. The van der Waals surface area contributed by atoms with E-state index in [0.29, 0.717) is 0 Å². The molecule has 3 aromatic rings. The van der Waals surface area contributed by atoms with Crippen molar-refractivity contribution in [2.75, 3.05) is 17.2 Å². The Hall–Kier alpha value is -2.43. The number of aromatic nitrogens is 2. The SMILES string of the molecule is Cc1nc(SCC(=O)N(CC#N)c2ccccc2)c2c3c(sc2n1)CCC3. The molecule has 5 nitrogen and oxygen atoms in total. The van der Waals surface area contributed by atoms with Crippen LogP contribution >= 0.6 is 23.1 Å². The van der Waals surface area contributed by atoms with Crippen LogP contribution in [0.3, 0.4) is 0 Å². The maximum atomic E-state index is 12.8. The van der Waals surface area contributed by atoms with Crippen molar-refractivity contribution in [2.45, 2.75) is 31.2 Å². The monoisotopic (exact) mass is 394 g/mol. The maximum Gasteiger partial charge on any atom is 0.238 e. The van der Waals surface area contributed by atoms with Gasteiger partial charge in [0, 0.05) is 16.0 Å². The molecule has 0 bridgehead atoms. The number of nitrogens with zero attached hydrogens (tertiary/aromatic N) is 4. The van der Waals surface area contributed by atoms with E-state index in [1.165, 1.54) is 33.5 Å². The summed E-state index contributed by atoms with van der Waals surface area (Å²) in [6, 6.07) is 11.4. The van der Waals surface area contributed by atoms with Crippen LogP contribution in [0.1, 0.15) is 22.7 Å². The van der Waals surface area contributed by atoms with Gasteiger partial charge in [-0.1, -0.05) is 30.0 Å². The second-order valence-electron chi connectivity index (χ2n) is 6.38. The van der Waals surface area contributed by atoms with E-state index in [9.17, 15) is 4.79 Å². The first-order valence-corrected chi connectivity index (χ1v) is 10.6. The minimum Gasteiger partial charge on any atom is -0.298 e. The molecule has 1 aliphatic carbocycles. The van der Waals surface area contributed by atoms with Gasteiger partial charge in [0.25, 0.3) is 0 Å². The number of benzene rings is 1. The third kappa shape index (κ3) is 3.55. The number of carbonyl (C=O) groups is 1. The topological polar surface area (TPSA) is 69.9 Å². The highest BCUT2D eigenvalue weighted by molar-refractivity contribution is 8.00. The second-order valence-corrected chi connectivity index (χ2v) is 8.42. The van der Waals surface area contributed by atoms with Crippen LogP contribution in [-0.4, -0.2) is 28.2 Å². The van der Waals surface area contributed by atoms with E-state index in [2.05, 4.69) is 16.0 Å². The summed E-state index contributed by atoms with van der Waals surface area (Å²) in [4.78, 5) is 26.0. The van der Waals surface area contributed by atoms with E-state index in [0.717, 1.165) is 39.6 Å². The summed E-state index contributed by atoms with van der Waals surface area (Å²) in [6.45, 7) is 1.93. The van der Waals surface area contributed by atoms with Crippen molar-refractivity contribution in [3.8, 4) is 6.07 Å². The Labute approximate surface area is 166 Å². The molecule has 2 heterocycles. The van der Waals surface area contributed by atoms with Crippen molar-refractivity contribution in [3.63, 3.8) is 0 Å². The number of fused-ring (bicyclic) bond motifs is 3. The molecule has 136 valence electrons. The zero-order valence-corrected chi connectivity index (χ0v) is 16.6. The van der Waals surface area contributed by atoms with Gasteiger partial charge in [-0.2, -0.15) is 5.26 Å². The Kier molecular flexibility index (Phi) is 5.10. The average Bonchev–Trinajstić information content (AvgIpc) is 3.25. The molecule has 0 saturated carbocycles. The van der Waals surface area contributed by atoms with Crippen LogP contribution in [0.5, 0.6) is 0 Å². The quantitative estimate of drug-likeness (QED) is 0.370. The number of hydrogen-bond donors (Lipinski definition) is 0. The van der Waals surface area contributed by atoms with Gasteiger partial charge in [0.2, 0.25) is 5.91 Å². The predicted octanol–water partition coefficient (Wildman–Crippen LogP) is 4.14. The third-order valence-electron chi connectivity index (χ3n) is 4.57. The summed E-state index contributed by atoms with van der Waals surface area (Å²) in [5.74, 6) is 0.880. The fourth-order valence-corrected chi connectivity index (χ4v) is 5.73. The fourth-order valence-electron chi connectivity index (χ4n) is 3.38. The highest BCUT2D eigenvalue weighted by Gasteiger charge is 2.23. The third-order valence-corrected chi connectivity index (χ3v) is 6.72. The van der Waals surface area contributed by atoms with Gasteiger partial charge in [-0.15, -0.1) is 11.3 Å². The fraction of sp³-hybridized carbons (Fsp3) is 0.300. The molecule has 7 heteroatoms. The number of amides is 1. The zero-order chi connectivity index (χ0) is 18.8. The Morgan fingerprint density at radius 3 is 2.89 bits per heavy atom. The molecule has 0 atom stereocenters. The van der Waals surface area contributed by atoms with Crippen molar-refractivity contribution < 1.29 is 4.79 Å². The number of aryl methyl sites for hydroxylation is 3. The maximum absolute atomic E-state index is 12.8. The van der Waals surface area contributed by atoms with Crippen LogP contribution in [0.25, 0.3) is 10.2 Å². The molecular formula is C20H18N4OS2. The van der Waals surface area contributed by atoms with Gasteiger partial charge in [-0.05, 0) is 43.9 Å². The molecule has 1 aromatic carbocycles. The molecule has 4 rings (SSSR count). The Morgan fingerprint density at radius 1 is 1.30 bits per heavy atom. The number of hydrogen-bond acceptors (Lipinski definition) is 6. The van der Waals surface area contributed by atoms with Gasteiger partial charge in [0.15, 0.2) is 0 Å². The largest absolute Gasteiger partial charge is 0.298 e. The molecule has 0 N–H and O–H groups in total. The predicted molar refractivity (Wildman–Crippen MR) is 109 cm³/mol. The molecular weight excluding hydrogens is 376 g/mol. The van der Waals surface area contributed by atoms with E-state index >= 15 is 0 Å². The van der Waals surface area contributed by atoms with Crippen LogP contribution in [0.15, 0.2) is 35.4 Å². The van der Waals surface area contributed by atoms with Crippen molar-refractivity contribution in [3.05, 3.63) is 46.6 Å². The standard InChI is InChI=1S/C20H18N4OS2/c1-13-22-19(18-15-8-5-9-16(15)27-20(18)23-13)26-12-17(25)24(11-10-21)14-6-3-2-4-7-14/h2-4,6-7H,5,8-9,11-12H2,1H3. The minimum absolute atomic E-state index is 0.0372. The Balaban J connectivity index is 1.59. The lowest BCUT2D eigenvalue weighted by Crippen LogP contribution is -2.32. The number of anilines is 1. The molecule has 0 fully saturated rings. The van der Waals surface area contributed by atoms with Crippen molar-refractivity contribution >= 4 is 44.9 Å². The summed E-state index contributed by atoms with van der Waals surface area (Å²) in [7, 11) is 0. The van der Waals surface area contributed by atoms with E-state index < -0.39 is 0 Å². The van der Waals surface area contributed by atoms with Crippen molar-refractivity contribution in [1.29, 1.82) is 5.26 Å². The Bertz CT molecular complexity index is 1040. The summed E-state index contributed by atoms with van der Waals surface area (Å²) in [6.07, 6.45) is 3.36. The lowest BCUT2D eigenvalue weighted by atomic mass is 10.2. The van der Waals surface area contributed by atoms with E-state index in [1.54, 1.807) is 11.3 Å². The first-order valence-electron chi connectivity index (χ1n) is 8.81. The zero-order valence-electron chi connectivity index (χ0n) is 14.9. The second kappa shape index (κ2) is 7.67. The first kappa shape index (κ1) is 18.0. The van der Waals surface area contributed by atoms with Crippen LogP contribution in [0, 0.1) is 18.3 Å². The summed E-state index contributed by atoms with van der Waals surface area (Å²) < 4.78 is 0. The van der Waals surface area contributed by atoms with Crippen LogP contribution < -0.4 is 4.90 Å². The number of nitriles is 1. The lowest BCUT2D eigenvalue weighted by molar-refractivity contribution is -0.116.